The largest absolute Gasteiger partial charge is 0.459 e. The highest BCUT2D eigenvalue weighted by Crippen LogP contribution is 2.35. The number of ether oxygens (including phenoxy) is 2. The summed E-state index contributed by atoms with van der Waals surface area (Å²) in [7, 11) is 3.91. The van der Waals surface area contributed by atoms with E-state index in [-0.39, 0.29) is 12.1 Å². The second kappa shape index (κ2) is 8.79. The van der Waals surface area contributed by atoms with Gasteiger partial charge in [0.15, 0.2) is 0 Å². The number of nitrogens with zero attached hydrogens (tertiary/aromatic N) is 1. The lowest BCUT2D eigenvalue weighted by Gasteiger charge is -2.33. The normalized spacial score (nSPS) is 12.8. The molecule has 0 aromatic heterocycles. The fourth-order valence-electron chi connectivity index (χ4n) is 3.01. The maximum atomic E-state index is 13.3. The van der Waals surface area contributed by atoms with Crippen LogP contribution in [0.4, 0.5) is 0 Å². The van der Waals surface area contributed by atoms with Crippen LogP contribution in [-0.4, -0.2) is 44.2 Å². The summed E-state index contributed by atoms with van der Waals surface area (Å²) in [5.74, 6) is -0.388. The summed E-state index contributed by atoms with van der Waals surface area (Å²) >= 11 is 0. The Morgan fingerprint density at radius 2 is 1.48 bits per heavy atom. The van der Waals surface area contributed by atoms with Gasteiger partial charge in [-0.15, -0.1) is 0 Å². The van der Waals surface area contributed by atoms with Crippen molar-refractivity contribution in [3.63, 3.8) is 0 Å². The Labute approximate surface area is 150 Å². The zero-order valence-corrected chi connectivity index (χ0v) is 15.4. The Bertz CT molecular complexity index is 616. The number of rotatable bonds is 8. The van der Waals surface area contributed by atoms with Crippen molar-refractivity contribution in [2.45, 2.75) is 25.6 Å². The third-order valence-electron chi connectivity index (χ3n) is 3.94. The number of benzene rings is 2. The van der Waals surface area contributed by atoms with Gasteiger partial charge in [0.1, 0.15) is 6.10 Å². The molecule has 0 fully saturated rings. The van der Waals surface area contributed by atoms with E-state index >= 15 is 0 Å². The highest BCUT2D eigenvalue weighted by molar-refractivity contribution is 5.86. The Morgan fingerprint density at radius 1 is 1.00 bits per heavy atom. The van der Waals surface area contributed by atoms with Crippen molar-refractivity contribution in [1.29, 1.82) is 0 Å². The van der Waals surface area contributed by atoms with E-state index in [0.29, 0.717) is 13.2 Å². The van der Waals surface area contributed by atoms with Crippen LogP contribution in [0, 0.1) is 0 Å². The molecule has 2 aromatic rings. The zero-order chi connectivity index (χ0) is 18.3. The molecule has 0 saturated carbocycles. The van der Waals surface area contributed by atoms with E-state index in [0.717, 1.165) is 11.1 Å². The van der Waals surface area contributed by atoms with E-state index in [2.05, 4.69) is 0 Å². The summed E-state index contributed by atoms with van der Waals surface area (Å²) < 4.78 is 11.9. The molecule has 25 heavy (non-hydrogen) atoms. The van der Waals surface area contributed by atoms with Gasteiger partial charge < -0.3 is 14.4 Å². The van der Waals surface area contributed by atoms with Gasteiger partial charge in [0.05, 0.1) is 0 Å². The average Bonchev–Trinajstić information content (AvgIpc) is 2.60. The van der Waals surface area contributed by atoms with Crippen LogP contribution in [0.15, 0.2) is 60.7 Å². The molecular formula is C21H27NO3. The van der Waals surface area contributed by atoms with E-state index in [4.69, 9.17) is 9.47 Å². The quantitative estimate of drug-likeness (QED) is 0.689. The fourth-order valence-corrected chi connectivity index (χ4v) is 3.01. The van der Waals surface area contributed by atoms with Crippen molar-refractivity contribution < 1.29 is 14.3 Å². The molecule has 0 spiro atoms. The first-order valence-electron chi connectivity index (χ1n) is 8.61. The van der Waals surface area contributed by atoms with Gasteiger partial charge in [-0.3, -0.25) is 0 Å². The summed E-state index contributed by atoms with van der Waals surface area (Å²) in [6.07, 6.45) is -0.241. The van der Waals surface area contributed by atoms with Crippen molar-refractivity contribution in [2.24, 2.45) is 0 Å². The summed E-state index contributed by atoms with van der Waals surface area (Å²) in [5.41, 5.74) is 0.271. The minimum Gasteiger partial charge on any atom is -0.459 e. The van der Waals surface area contributed by atoms with Crippen molar-refractivity contribution >= 4 is 5.97 Å². The predicted octanol–water partition coefficient (Wildman–Crippen LogP) is 3.46. The van der Waals surface area contributed by atoms with Gasteiger partial charge in [0.25, 0.3) is 0 Å². The minimum absolute atomic E-state index is 0.241. The van der Waals surface area contributed by atoms with Crippen molar-refractivity contribution in [3.8, 4) is 0 Å². The third-order valence-corrected chi connectivity index (χ3v) is 3.94. The van der Waals surface area contributed by atoms with E-state index in [9.17, 15) is 4.79 Å². The van der Waals surface area contributed by atoms with Crippen molar-refractivity contribution in [3.05, 3.63) is 71.8 Å². The first-order chi connectivity index (χ1) is 12.0. The van der Waals surface area contributed by atoms with Crippen molar-refractivity contribution in [2.75, 3.05) is 27.2 Å². The van der Waals surface area contributed by atoms with E-state index < -0.39 is 5.60 Å². The van der Waals surface area contributed by atoms with E-state index in [1.165, 1.54) is 0 Å². The average molecular weight is 341 g/mol. The molecule has 4 heteroatoms. The highest BCUT2D eigenvalue weighted by Gasteiger charge is 2.45. The number of carbonyl (C=O) groups is 1. The first-order valence-corrected chi connectivity index (χ1v) is 8.61. The Hall–Kier alpha value is -2.17. The lowest BCUT2D eigenvalue weighted by Crippen LogP contribution is -2.44. The van der Waals surface area contributed by atoms with Crippen molar-refractivity contribution in [1.82, 2.24) is 4.90 Å². The van der Waals surface area contributed by atoms with Crippen LogP contribution < -0.4 is 0 Å². The molecule has 2 aromatic carbocycles. The molecule has 0 bridgehead atoms. The molecule has 0 aliphatic heterocycles. The van der Waals surface area contributed by atoms with Crippen LogP contribution in [0.2, 0.25) is 0 Å². The molecule has 0 amide bonds. The first kappa shape index (κ1) is 19.2. The molecule has 0 heterocycles. The zero-order valence-electron chi connectivity index (χ0n) is 15.4. The Balaban J connectivity index is 2.49. The highest BCUT2D eigenvalue weighted by atomic mass is 16.6. The van der Waals surface area contributed by atoms with Gasteiger partial charge in [0.2, 0.25) is 5.60 Å². The maximum absolute atomic E-state index is 13.3. The molecule has 1 atom stereocenters. The number of hydrogen-bond donors (Lipinski definition) is 0. The third kappa shape index (κ3) is 4.47. The number of carbonyl (C=O) groups excluding carboxylic acids is 1. The Kier molecular flexibility index (Phi) is 6.73. The van der Waals surface area contributed by atoms with Gasteiger partial charge in [0, 0.05) is 13.2 Å². The standard InChI is InChI=1S/C21H27NO3/c1-5-24-21(18-12-8-6-9-13-18,19-14-10-7-11-15-19)20(23)25-17(2)16-22(3)4/h6-15,17H,5,16H2,1-4H3. The number of likely N-dealkylation sites (N-methyl/N-ethyl adjacent to an activating group) is 1. The van der Waals surface area contributed by atoms with Crippen LogP contribution in [0.25, 0.3) is 0 Å². The van der Waals surface area contributed by atoms with Crippen LogP contribution in [0.1, 0.15) is 25.0 Å². The molecule has 4 nitrogen and oxygen atoms in total. The molecule has 0 radical (unpaired) electrons. The van der Waals surface area contributed by atoms with Gasteiger partial charge in [-0.2, -0.15) is 0 Å². The molecule has 134 valence electrons. The SMILES string of the molecule is CCOC(C(=O)OC(C)CN(C)C)(c1ccccc1)c1ccccc1. The van der Waals surface area contributed by atoms with E-state index in [1.807, 2.05) is 93.5 Å². The Morgan fingerprint density at radius 3 is 1.88 bits per heavy atom. The molecule has 2 rings (SSSR count). The summed E-state index contributed by atoms with van der Waals surface area (Å²) in [5, 5.41) is 0. The smallest absolute Gasteiger partial charge is 0.348 e. The molecule has 0 aliphatic rings. The molecule has 0 N–H and O–H groups in total. The second-order valence-electron chi connectivity index (χ2n) is 6.32. The lowest BCUT2D eigenvalue weighted by atomic mass is 9.86. The molecule has 1 unspecified atom stereocenters. The van der Waals surface area contributed by atoms with Gasteiger partial charge in [-0.05, 0) is 39.1 Å². The fraction of sp³-hybridized carbons (Fsp3) is 0.381. The predicted molar refractivity (Wildman–Crippen MR) is 99.4 cm³/mol. The minimum atomic E-state index is -1.27. The van der Waals surface area contributed by atoms with Gasteiger partial charge >= 0.3 is 5.97 Å². The van der Waals surface area contributed by atoms with Crippen LogP contribution in [0.3, 0.4) is 0 Å². The summed E-state index contributed by atoms with van der Waals surface area (Å²) in [4.78, 5) is 15.3. The number of esters is 1. The van der Waals surface area contributed by atoms with Gasteiger partial charge in [-0.1, -0.05) is 60.7 Å². The monoisotopic (exact) mass is 341 g/mol. The molecule has 0 saturated heterocycles. The summed E-state index contributed by atoms with van der Waals surface area (Å²) in [6.45, 7) is 4.82. The second-order valence-corrected chi connectivity index (χ2v) is 6.32. The van der Waals surface area contributed by atoms with Crippen LogP contribution >= 0.6 is 0 Å². The maximum Gasteiger partial charge on any atom is 0.348 e. The van der Waals surface area contributed by atoms with Crippen LogP contribution in [0.5, 0.6) is 0 Å². The summed E-state index contributed by atoms with van der Waals surface area (Å²) in [6, 6.07) is 19.1. The lowest BCUT2D eigenvalue weighted by molar-refractivity contribution is -0.173. The molecule has 0 aliphatic carbocycles. The molecular weight excluding hydrogens is 314 g/mol. The van der Waals surface area contributed by atoms with Crippen LogP contribution in [-0.2, 0) is 19.9 Å². The number of hydrogen-bond acceptors (Lipinski definition) is 4. The van der Waals surface area contributed by atoms with Gasteiger partial charge in [-0.25, -0.2) is 4.79 Å². The van der Waals surface area contributed by atoms with E-state index in [1.54, 1.807) is 0 Å². The topological polar surface area (TPSA) is 38.8 Å².